The first kappa shape index (κ1) is 28.6. The lowest BCUT2D eigenvalue weighted by Crippen LogP contribution is -2.32. The smallest absolute Gasteiger partial charge is 0.300 e. The molecule has 22 heavy (non-hydrogen) atoms. The number of ketones is 1. The molecule has 0 fully saturated rings. The van der Waals surface area contributed by atoms with Gasteiger partial charge in [0.1, 0.15) is 0 Å². The molecule has 0 aliphatic carbocycles. The molecule has 3 radical (unpaired) electrons. The Morgan fingerprint density at radius 2 is 1.55 bits per heavy atom. The summed E-state index contributed by atoms with van der Waals surface area (Å²) in [5, 5.41) is 14.5. The van der Waals surface area contributed by atoms with E-state index in [0.29, 0.717) is 0 Å². The van der Waals surface area contributed by atoms with Crippen LogP contribution in [0.1, 0.15) is 48.0 Å². The second-order valence-corrected chi connectivity index (χ2v) is 4.62. The number of carbonyl (C=O) groups excluding carboxylic acids is 1. The number of hydrogen-bond donors (Lipinski definition) is 2. The van der Waals surface area contributed by atoms with E-state index in [0.717, 1.165) is 19.0 Å². The molecule has 1 aromatic rings. The monoisotopic (exact) mass is 326 g/mol. The van der Waals surface area contributed by atoms with Crippen LogP contribution in [0.2, 0.25) is 0 Å². The molecule has 0 aliphatic rings. The Labute approximate surface area is 141 Å². The number of carboxylic acid groups (broad SMARTS) is 1. The van der Waals surface area contributed by atoms with Crippen LogP contribution in [0.25, 0.3) is 0 Å². The average molecular weight is 326 g/mol. The van der Waals surface area contributed by atoms with Crippen molar-refractivity contribution < 1.29 is 14.7 Å². The summed E-state index contributed by atoms with van der Waals surface area (Å²) in [7, 11) is 0. The van der Waals surface area contributed by atoms with Crippen LogP contribution in [0, 0.1) is 0 Å². The molecule has 0 aromatic carbocycles. The predicted octanol–water partition coefficient (Wildman–Crippen LogP) is 3.96. The molecule has 0 amide bonds. The Morgan fingerprint density at radius 1 is 1.18 bits per heavy atom. The molecule has 0 unspecified atom stereocenters. The number of aliphatic carboxylic acids is 1. The molecule has 6 heteroatoms. The van der Waals surface area contributed by atoms with E-state index < -0.39 is 5.97 Å². The molecule has 0 saturated heterocycles. The molecule has 2 N–H and O–H groups in total. The number of Topliss-reactive ketones (excluding diaryl/α,β-unsaturated/α-hetero) is 1. The number of hydrogen-bond acceptors (Lipinski definition) is 4. The molecular weight excluding hydrogens is 297 g/mol. The van der Waals surface area contributed by atoms with Crippen molar-refractivity contribution in [1.82, 2.24) is 5.32 Å². The predicted molar refractivity (Wildman–Crippen MR) is 97.4 cm³/mol. The molecule has 1 rings (SSSR count). The Bertz CT molecular complexity index is 346. The third-order valence-electron chi connectivity index (χ3n) is 1.74. The number of nitrogens with one attached hydrogen (secondary N) is 1. The summed E-state index contributed by atoms with van der Waals surface area (Å²) in [4.78, 5) is 19.8. The van der Waals surface area contributed by atoms with E-state index in [2.05, 4.69) is 11.9 Å². The first-order valence-electron chi connectivity index (χ1n) is 6.90. The standard InChI is InChI=1S/C8H15NO.C4H4S.C2H4O2.C2H6.B/c1-5-8(7(4)10)9-6(2)3;1-2-4-5-3-1;1-2(3)4;1-2;/h8-9H,2,5H2,1,3-4H3;1-4H;1H3,(H,3,4);1-2H3;/t8-;;;;/m0..../s1. The highest BCUT2D eigenvalue weighted by atomic mass is 32.1. The second-order valence-electron chi connectivity index (χ2n) is 3.81. The molecule has 1 aromatic heterocycles. The summed E-state index contributed by atoms with van der Waals surface area (Å²) in [6, 6.07) is 3.99. The topological polar surface area (TPSA) is 66.4 Å². The van der Waals surface area contributed by atoms with Crippen molar-refractivity contribution in [3.8, 4) is 0 Å². The highest BCUT2D eigenvalue weighted by Gasteiger charge is 2.08. The molecule has 4 nitrogen and oxygen atoms in total. The van der Waals surface area contributed by atoms with Gasteiger partial charge in [0, 0.05) is 21.0 Å². The van der Waals surface area contributed by atoms with Crippen molar-refractivity contribution in [3.63, 3.8) is 0 Å². The van der Waals surface area contributed by atoms with Gasteiger partial charge in [-0.15, -0.1) is 0 Å². The van der Waals surface area contributed by atoms with E-state index in [1.807, 2.05) is 50.6 Å². The lowest BCUT2D eigenvalue weighted by molar-refractivity contribution is -0.134. The van der Waals surface area contributed by atoms with Gasteiger partial charge in [0.05, 0.1) is 6.04 Å². The van der Waals surface area contributed by atoms with Crippen molar-refractivity contribution in [2.45, 2.75) is 54.0 Å². The van der Waals surface area contributed by atoms with Gasteiger partial charge in [-0.25, -0.2) is 0 Å². The zero-order valence-electron chi connectivity index (χ0n) is 14.6. The number of carbonyl (C=O) groups is 2. The van der Waals surface area contributed by atoms with Crippen molar-refractivity contribution in [1.29, 1.82) is 0 Å². The molecule has 0 aliphatic heterocycles. The normalized spacial score (nSPS) is 8.82. The van der Waals surface area contributed by atoms with Crippen molar-refractivity contribution in [2.24, 2.45) is 0 Å². The molecule has 125 valence electrons. The molecule has 0 saturated carbocycles. The average Bonchev–Trinajstić information content (AvgIpc) is 2.96. The van der Waals surface area contributed by atoms with E-state index in [-0.39, 0.29) is 20.2 Å². The Kier molecular flexibility index (Phi) is 28.2. The Hall–Kier alpha value is -1.56. The van der Waals surface area contributed by atoms with Gasteiger partial charge in [-0.3, -0.25) is 9.59 Å². The van der Waals surface area contributed by atoms with Gasteiger partial charge in [-0.05, 0) is 31.0 Å². The van der Waals surface area contributed by atoms with Gasteiger partial charge in [0.25, 0.3) is 5.97 Å². The summed E-state index contributed by atoms with van der Waals surface area (Å²) >= 11 is 1.71. The van der Waals surface area contributed by atoms with Crippen molar-refractivity contribution in [2.75, 3.05) is 0 Å². The van der Waals surface area contributed by atoms with Crippen LogP contribution in [0.15, 0.2) is 35.2 Å². The van der Waals surface area contributed by atoms with Gasteiger partial charge >= 0.3 is 0 Å². The largest absolute Gasteiger partial charge is 0.481 e. The zero-order valence-corrected chi connectivity index (χ0v) is 15.4. The van der Waals surface area contributed by atoms with E-state index >= 15 is 0 Å². The van der Waals surface area contributed by atoms with E-state index in [4.69, 9.17) is 9.90 Å². The number of thiophene rings is 1. The molecule has 0 bridgehead atoms. The summed E-state index contributed by atoms with van der Waals surface area (Å²) in [6.07, 6.45) is 0.822. The summed E-state index contributed by atoms with van der Waals surface area (Å²) in [6.45, 7) is 14.2. The first-order chi connectivity index (χ1) is 9.81. The van der Waals surface area contributed by atoms with Gasteiger partial charge in [-0.2, -0.15) is 11.3 Å². The van der Waals surface area contributed by atoms with E-state index in [1.165, 1.54) is 0 Å². The maximum atomic E-state index is 10.8. The van der Waals surface area contributed by atoms with E-state index in [9.17, 15) is 4.79 Å². The van der Waals surface area contributed by atoms with Gasteiger partial charge in [0.15, 0.2) is 5.78 Å². The van der Waals surface area contributed by atoms with Crippen LogP contribution in [0.4, 0.5) is 0 Å². The van der Waals surface area contributed by atoms with Crippen LogP contribution in [-0.2, 0) is 9.59 Å². The quantitative estimate of drug-likeness (QED) is 0.822. The van der Waals surface area contributed by atoms with Crippen LogP contribution in [-0.4, -0.2) is 31.3 Å². The van der Waals surface area contributed by atoms with Gasteiger partial charge < -0.3 is 10.4 Å². The summed E-state index contributed by atoms with van der Waals surface area (Å²) in [5.74, 6) is -0.662. The molecular formula is C16H29BNO3S. The lowest BCUT2D eigenvalue weighted by Gasteiger charge is -2.13. The fraction of sp³-hybridized carbons (Fsp3) is 0.500. The van der Waals surface area contributed by atoms with Gasteiger partial charge in [0.2, 0.25) is 0 Å². The second kappa shape index (κ2) is 21.7. The van der Waals surface area contributed by atoms with Crippen LogP contribution < -0.4 is 5.32 Å². The Balaban J connectivity index is -0.000000113. The zero-order chi connectivity index (χ0) is 17.3. The number of carboxylic acids is 1. The molecule has 0 spiro atoms. The van der Waals surface area contributed by atoms with Crippen LogP contribution >= 0.6 is 11.3 Å². The first-order valence-corrected chi connectivity index (χ1v) is 7.84. The minimum atomic E-state index is -0.833. The maximum absolute atomic E-state index is 10.8. The fourth-order valence-electron chi connectivity index (χ4n) is 1.02. The lowest BCUT2D eigenvalue weighted by atomic mass is 10.1. The number of rotatable bonds is 4. The van der Waals surface area contributed by atoms with Crippen molar-refractivity contribution in [3.05, 3.63) is 35.2 Å². The molecule has 1 atom stereocenters. The Morgan fingerprint density at radius 3 is 1.64 bits per heavy atom. The number of allylic oxidation sites excluding steroid dienone is 1. The molecule has 1 heterocycles. The summed E-state index contributed by atoms with van der Waals surface area (Å²) in [5.41, 5.74) is 0.849. The van der Waals surface area contributed by atoms with Gasteiger partial charge in [-0.1, -0.05) is 39.5 Å². The van der Waals surface area contributed by atoms with E-state index in [1.54, 1.807) is 18.3 Å². The highest BCUT2D eigenvalue weighted by molar-refractivity contribution is 7.07. The highest BCUT2D eigenvalue weighted by Crippen LogP contribution is 1.94. The van der Waals surface area contributed by atoms with Crippen LogP contribution in [0.3, 0.4) is 0 Å². The van der Waals surface area contributed by atoms with Crippen molar-refractivity contribution >= 4 is 31.5 Å². The third kappa shape index (κ3) is 31.1. The summed E-state index contributed by atoms with van der Waals surface area (Å²) < 4.78 is 0. The minimum absolute atomic E-state index is 0. The van der Waals surface area contributed by atoms with Crippen LogP contribution in [0.5, 0.6) is 0 Å². The third-order valence-corrected chi connectivity index (χ3v) is 2.37. The fourth-order valence-corrected chi connectivity index (χ4v) is 1.47. The SMILES string of the molecule is C=C(C)N[C@@H](CC)C(C)=O.CC.CC(=O)O.[B].c1ccsc1. The maximum Gasteiger partial charge on any atom is 0.300 e. The minimum Gasteiger partial charge on any atom is -0.481 e.